The van der Waals surface area contributed by atoms with Crippen LogP contribution in [0.3, 0.4) is 0 Å². The minimum atomic E-state index is -4.78. The van der Waals surface area contributed by atoms with Gasteiger partial charge in [0.2, 0.25) is 0 Å². The highest BCUT2D eigenvalue weighted by atomic mass is 31.2. The van der Waals surface area contributed by atoms with Crippen LogP contribution in [0.1, 0.15) is 11.8 Å². The molecule has 14 nitrogen and oxygen atoms in total. The average molecular weight is 469 g/mol. The van der Waals surface area contributed by atoms with Gasteiger partial charge in [-0.05, 0) is 12.1 Å². The van der Waals surface area contributed by atoms with Gasteiger partial charge in [0, 0.05) is 18.2 Å². The second kappa shape index (κ2) is 8.60. The van der Waals surface area contributed by atoms with E-state index in [1.807, 2.05) is 0 Å². The zero-order valence-electron chi connectivity index (χ0n) is 16.3. The first-order valence-corrected chi connectivity index (χ1v) is 10.8. The lowest BCUT2D eigenvalue weighted by molar-refractivity contribution is -0.0504. The number of anilines is 1. The highest BCUT2D eigenvalue weighted by Gasteiger charge is 2.45. The number of benzene rings is 1. The van der Waals surface area contributed by atoms with Gasteiger partial charge < -0.3 is 40.3 Å². The number of aliphatic hydroxyl groups is 2. The van der Waals surface area contributed by atoms with E-state index in [-0.39, 0.29) is 23.7 Å². The smallest absolute Gasteiger partial charge is 0.469 e. The molecule has 3 heterocycles. The molecule has 2 aromatic heterocycles. The quantitative estimate of drug-likeness (QED) is 0.219. The van der Waals surface area contributed by atoms with Crippen molar-refractivity contribution >= 4 is 24.8 Å². The molecule has 3 aromatic rings. The van der Waals surface area contributed by atoms with Gasteiger partial charge >= 0.3 is 7.82 Å². The summed E-state index contributed by atoms with van der Waals surface area (Å²) in [6, 6.07) is 4.17. The second-order valence-corrected chi connectivity index (χ2v) is 8.28. The van der Waals surface area contributed by atoms with Crippen molar-refractivity contribution in [3.8, 4) is 11.5 Å². The maximum absolute atomic E-state index is 10.9. The summed E-state index contributed by atoms with van der Waals surface area (Å²) in [6.07, 6.45) is -2.71. The van der Waals surface area contributed by atoms with E-state index in [9.17, 15) is 25.0 Å². The highest BCUT2D eigenvalue weighted by molar-refractivity contribution is 7.46. The number of phosphoric ester groups is 1. The van der Waals surface area contributed by atoms with Crippen LogP contribution in [0, 0.1) is 0 Å². The summed E-state index contributed by atoms with van der Waals surface area (Å²) in [5.41, 5.74) is 1.07. The molecule has 4 rings (SSSR count). The number of phosphoric acid groups is 1. The van der Waals surface area contributed by atoms with Crippen molar-refractivity contribution in [2.45, 2.75) is 31.1 Å². The molecular weight excluding hydrogens is 449 g/mol. The Balaban J connectivity index is 1.54. The first-order chi connectivity index (χ1) is 15.1. The third-order valence-corrected chi connectivity index (χ3v) is 5.38. The van der Waals surface area contributed by atoms with Crippen molar-refractivity contribution < 1.29 is 44.0 Å². The molecule has 4 atom stereocenters. The number of nitrogens with zero attached hydrogens (tertiary/aromatic N) is 4. The number of hydrogen-bond acceptors (Lipinski definition) is 11. The number of fused-ring (bicyclic) bond motifs is 1. The first-order valence-electron chi connectivity index (χ1n) is 9.28. The highest BCUT2D eigenvalue weighted by Crippen LogP contribution is 2.39. The van der Waals surface area contributed by atoms with Crippen LogP contribution in [-0.2, 0) is 20.4 Å². The van der Waals surface area contributed by atoms with Gasteiger partial charge in [0.15, 0.2) is 23.2 Å². The first kappa shape index (κ1) is 22.4. The minimum Gasteiger partial charge on any atom is -0.508 e. The number of aromatic hydroxyl groups is 2. The predicted molar refractivity (Wildman–Crippen MR) is 106 cm³/mol. The molecule has 32 heavy (non-hydrogen) atoms. The maximum atomic E-state index is 10.9. The van der Waals surface area contributed by atoms with E-state index in [1.165, 1.54) is 29.4 Å². The second-order valence-electron chi connectivity index (χ2n) is 7.05. The molecule has 15 heteroatoms. The molecule has 1 aromatic carbocycles. The van der Waals surface area contributed by atoms with Crippen LogP contribution in [0.25, 0.3) is 11.2 Å². The topological polar surface area (TPSA) is 213 Å². The number of hydrogen-bond donors (Lipinski definition) is 7. The number of imidazole rings is 1. The molecule has 0 amide bonds. The number of aromatic nitrogens is 4. The fourth-order valence-electron chi connectivity index (χ4n) is 3.32. The Kier molecular flexibility index (Phi) is 6.01. The molecule has 0 aliphatic carbocycles. The Morgan fingerprint density at radius 3 is 2.66 bits per heavy atom. The van der Waals surface area contributed by atoms with Gasteiger partial charge in [-0.2, -0.15) is 0 Å². The Hall–Kier alpha value is -2.84. The third-order valence-electron chi connectivity index (χ3n) is 4.89. The molecule has 0 saturated carbocycles. The molecular formula is C17H20N5O9P. The fraction of sp³-hybridized carbons (Fsp3) is 0.353. The number of nitrogens with one attached hydrogen (secondary N) is 1. The van der Waals surface area contributed by atoms with Crippen molar-refractivity contribution in [1.82, 2.24) is 19.5 Å². The third kappa shape index (κ3) is 4.52. The normalized spacial score (nSPS) is 23.6. The van der Waals surface area contributed by atoms with E-state index in [0.29, 0.717) is 16.9 Å². The molecule has 7 N–H and O–H groups in total. The maximum Gasteiger partial charge on any atom is 0.469 e. The van der Waals surface area contributed by atoms with E-state index in [2.05, 4.69) is 24.8 Å². The van der Waals surface area contributed by atoms with Crippen LogP contribution in [0.5, 0.6) is 11.5 Å². The average Bonchev–Trinajstić information content (AvgIpc) is 3.27. The van der Waals surface area contributed by atoms with Crippen molar-refractivity contribution in [1.29, 1.82) is 0 Å². The lowest BCUT2D eigenvalue weighted by Crippen LogP contribution is -2.33. The summed E-state index contributed by atoms with van der Waals surface area (Å²) in [7, 11) is -4.78. The Morgan fingerprint density at radius 2 is 1.94 bits per heavy atom. The molecule has 1 saturated heterocycles. The molecule has 0 spiro atoms. The summed E-state index contributed by atoms with van der Waals surface area (Å²) in [5.74, 6) is 0.139. The Labute approximate surface area is 180 Å². The minimum absolute atomic E-state index is 0.0729. The van der Waals surface area contributed by atoms with Crippen molar-refractivity contribution in [3.05, 3.63) is 36.4 Å². The molecule has 1 aliphatic heterocycles. The fourth-order valence-corrected chi connectivity index (χ4v) is 3.66. The van der Waals surface area contributed by atoms with E-state index in [1.54, 1.807) is 6.07 Å². The van der Waals surface area contributed by atoms with Gasteiger partial charge in [-0.3, -0.25) is 9.09 Å². The molecule has 0 bridgehead atoms. The molecule has 0 unspecified atom stereocenters. The van der Waals surface area contributed by atoms with Crippen LogP contribution < -0.4 is 5.32 Å². The summed E-state index contributed by atoms with van der Waals surface area (Å²) >= 11 is 0. The number of aliphatic hydroxyl groups excluding tert-OH is 2. The Morgan fingerprint density at radius 1 is 1.16 bits per heavy atom. The van der Waals surface area contributed by atoms with Crippen LogP contribution in [-0.4, -0.2) is 74.7 Å². The van der Waals surface area contributed by atoms with Gasteiger partial charge in [-0.1, -0.05) is 0 Å². The van der Waals surface area contributed by atoms with Crippen LogP contribution >= 0.6 is 7.82 Å². The molecule has 172 valence electrons. The summed E-state index contributed by atoms with van der Waals surface area (Å²) in [5, 5.41) is 42.9. The monoisotopic (exact) mass is 469 g/mol. The van der Waals surface area contributed by atoms with E-state index < -0.39 is 39.0 Å². The SMILES string of the molecule is O=P(O)(O)OC[C@H]1O[C@@H](n2cnc3c(NCc4ccc(O)cc4O)ncnc32)[C@H](O)[C@@H]1O. The van der Waals surface area contributed by atoms with Crippen molar-refractivity contribution in [3.63, 3.8) is 0 Å². The summed E-state index contributed by atoms with van der Waals surface area (Å²) in [6.45, 7) is -0.475. The standard InChI is InChI=1S/C17H20N5O9P/c23-9-2-1-8(10(24)3-9)4-18-15-12-16(20-6-19-15)22(7-21-12)17-14(26)13(25)11(31-17)5-30-32(27,28)29/h1-3,6-7,11,13-14,17,23-26H,4-5H2,(H,18,19,20)(H2,27,28,29)/t11-,13-,14-,17-/m1/s1. The van der Waals surface area contributed by atoms with Crippen molar-refractivity contribution in [2.75, 3.05) is 11.9 Å². The van der Waals surface area contributed by atoms with Gasteiger partial charge in [-0.25, -0.2) is 19.5 Å². The van der Waals surface area contributed by atoms with E-state index >= 15 is 0 Å². The largest absolute Gasteiger partial charge is 0.508 e. The van der Waals surface area contributed by atoms with Crippen molar-refractivity contribution in [2.24, 2.45) is 0 Å². The van der Waals surface area contributed by atoms with Crippen LogP contribution in [0.4, 0.5) is 5.82 Å². The summed E-state index contributed by atoms with van der Waals surface area (Å²) in [4.78, 5) is 30.2. The number of ether oxygens (including phenoxy) is 1. The van der Waals surface area contributed by atoms with Gasteiger partial charge in [0.25, 0.3) is 0 Å². The Bertz CT molecular complexity index is 1170. The van der Waals surface area contributed by atoms with Gasteiger partial charge in [0.05, 0.1) is 12.9 Å². The van der Waals surface area contributed by atoms with E-state index in [0.717, 1.165) is 0 Å². The van der Waals surface area contributed by atoms with Gasteiger partial charge in [-0.15, -0.1) is 0 Å². The molecule has 1 fully saturated rings. The number of rotatable bonds is 7. The zero-order valence-corrected chi connectivity index (χ0v) is 17.1. The predicted octanol–water partition coefficient (Wildman–Crippen LogP) is -0.422. The number of phenols is 2. The summed E-state index contributed by atoms with van der Waals surface area (Å²) < 4.78 is 22.2. The molecule has 1 aliphatic rings. The zero-order chi connectivity index (χ0) is 23.0. The van der Waals surface area contributed by atoms with Gasteiger partial charge in [0.1, 0.15) is 36.1 Å². The molecule has 0 radical (unpaired) electrons. The van der Waals surface area contributed by atoms with E-state index in [4.69, 9.17) is 14.5 Å². The number of phenolic OH excluding ortho intramolecular Hbond substituents is 2. The van der Waals surface area contributed by atoms with Crippen LogP contribution in [0.2, 0.25) is 0 Å². The lowest BCUT2D eigenvalue weighted by Gasteiger charge is -2.16. The van der Waals surface area contributed by atoms with Crippen LogP contribution in [0.15, 0.2) is 30.9 Å². The lowest BCUT2D eigenvalue weighted by atomic mass is 10.1.